The van der Waals surface area contributed by atoms with E-state index in [9.17, 15) is 4.79 Å². The van der Waals surface area contributed by atoms with Crippen LogP contribution in [0.4, 0.5) is 4.79 Å². The third kappa shape index (κ3) is 2.60. The number of nitrogens with zero attached hydrogens (tertiary/aromatic N) is 3. The lowest BCUT2D eigenvalue weighted by atomic mass is 9.79. The van der Waals surface area contributed by atoms with Crippen LogP contribution in [0.3, 0.4) is 0 Å². The molecule has 4 nitrogen and oxygen atoms in total. The van der Waals surface area contributed by atoms with Gasteiger partial charge in [0.25, 0.3) is 0 Å². The summed E-state index contributed by atoms with van der Waals surface area (Å²) in [6.07, 6.45) is 3.59. The van der Waals surface area contributed by atoms with Gasteiger partial charge in [-0.15, -0.1) is 0 Å². The fourth-order valence-corrected chi connectivity index (χ4v) is 3.21. The van der Waals surface area contributed by atoms with Gasteiger partial charge in [-0.1, -0.05) is 0 Å². The Labute approximate surface area is 117 Å². The minimum absolute atomic E-state index is 0.128. The average Bonchev–Trinajstić information content (AvgIpc) is 2.33. The summed E-state index contributed by atoms with van der Waals surface area (Å²) in [4.78, 5) is 19.2. The number of hydrogen-bond donors (Lipinski definition) is 0. The Hall–Kier alpha value is -0.770. The first-order valence-electron chi connectivity index (χ1n) is 7.66. The molecule has 2 saturated heterocycles. The van der Waals surface area contributed by atoms with E-state index in [0.717, 1.165) is 26.1 Å². The number of urea groups is 1. The van der Waals surface area contributed by atoms with Gasteiger partial charge in [0.1, 0.15) is 0 Å². The third-order valence-corrected chi connectivity index (χ3v) is 4.88. The molecule has 2 aliphatic rings. The summed E-state index contributed by atoms with van der Waals surface area (Å²) in [7, 11) is 1.92. The zero-order chi connectivity index (χ0) is 14.2. The van der Waals surface area contributed by atoms with Crippen molar-refractivity contribution < 1.29 is 4.79 Å². The largest absolute Gasteiger partial charge is 0.325 e. The second kappa shape index (κ2) is 5.31. The summed E-state index contributed by atoms with van der Waals surface area (Å²) in [5.41, 5.74) is 0.128. The molecule has 0 bridgehead atoms. The molecule has 0 radical (unpaired) electrons. The molecule has 110 valence electrons. The summed E-state index contributed by atoms with van der Waals surface area (Å²) in [6.45, 7) is 11.7. The summed E-state index contributed by atoms with van der Waals surface area (Å²) in [5, 5.41) is 0. The molecule has 0 aromatic rings. The van der Waals surface area contributed by atoms with Gasteiger partial charge in [0.2, 0.25) is 0 Å². The van der Waals surface area contributed by atoms with Crippen LogP contribution in [0.25, 0.3) is 0 Å². The van der Waals surface area contributed by atoms with Gasteiger partial charge in [0.15, 0.2) is 0 Å². The van der Waals surface area contributed by atoms with E-state index in [0.29, 0.717) is 6.04 Å². The standard InChI is InChI=1S/C15H29N3O/c1-12(2)16(5)14(19)18-9-7-6-8-15(18)10-17(11-15)13(3)4/h12-13H,6-11H2,1-5H3. The zero-order valence-corrected chi connectivity index (χ0v) is 13.1. The average molecular weight is 267 g/mol. The zero-order valence-electron chi connectivity index (χ0n) is 13.1. The molecule has 0 unspecified atom stereocenters. The third-order valence-electron chi connectivity index (χ3n) is 4.88. The lowest BCUT2D eigenvalue weighted by Crippen LogP contribution is -2.74. The van der Waals surface area contributed by atoms with E-state index < -0.39 is 0 Å². The minimum Gasteiger partial charge on any atom is -0.325 e. The van der Waals surface area contributed by atoms with Crippen molar-refractivity contribution in [1.29, 1.82) is 0 Å². The number of carbonyl (C=O) groups excluding carboxylic acids is 1. The van der Waals surface area contributed by atoms with Gasteiger partial charge >= 0.3 is 6.03 Å². The van der Waals surface area contributed by atoms with Gasteiger partial charge in [-0.2, -0.15) is 0 Å². The smallest absolute Gasteiger partial charge is 0.320 e. The lowest BCUT2D eigenvalue weighted by Gasteiger charge is -2.59. The predicted molar refractivity (Wildman–Crippen MR) is 78.3 cm³/mol. The Morgan fingerprint density at radius 2 is 1.79 bits per heavy atom. The van der Waals surface area contributed by atoms with Crippen LogP contribution in [0, 0.1) is 0 Å². The quantitative estimate of drug-likeness (QED) is 0.768. The van der Waals surface area contributed by atoms with Gasteiger partial charge in [-0.3, -0.25) is 4.90 Å². The van der Waals surface area contributed by atoms with Crippen molar-refractivity contribution in [2.45, 2.75) is 64.6 Å². The number of hydrogen-bond acceptors (Lipinski definition) is 2. The summed E-state index contributed by atoms with van der Waals surface area (Å²) >= 11 is 0. The van der Waals surface area contributed by atoms with Crippen LogP contribution in [0.1, 0.15) is 47.0 Å². The van der Waals surface area contributed by atoms with E-state index >= 15 is 0 Å². The van der Waals surface area contributed by atoms with Crippen LogP contribution in [-0.2, 0) is 0 Å². The molecule has 19 heavy (non-hydrogen) atoms. The summed E-state index contributed by atoms with van der Waals surface area (Å²) in [6, 6.07) is 1.08. The fraction of sp³-hybridized carbons (Fsp3) is 0.933. The SMILES string of the molecule is CC(C)N1CC2(CCCCN2C(=O)N(C)C(C)C)C1. The molecule has 0 N–H and O–H groups in total. The summed E-state index contributed by atoms with van der Waals surface area (Å²) in [5.74, 6) is 0. The molecule has 0 aromatic heterocycles. The molecule has 0 aliphatic carbocycles. The first-order valence-corrected chi connectivity index (χ1v) is 7.66. The molecule has 1 spiro atoms. The molecular weight excluding hydrogens is 238 g/mol. The van der Waals surface area contributed by atoms with E-state index in [1.807, 2.05) is 11.9 Å². The number of carbonyl (C=O) groups is 1. The molecule has 0 saturated carbocycles. The monoisotopic (exact) mass is 267 g/mol. The van der Waals surface area contributed by atoms with E-state index in [4.69, 9.17) is 0 Å². The van der Waals surface area contributed by atoms with Crippen molar-refractivity contribution in [2.75, 3.05) is 26.7 Å². The van der Waals surface area contributed by atoms with E-state index in [1.54, 1.807) is 0 Å². The van der Waals surface area contributed by atoms with Gasteiger partial charge in [0.05, 0.1) is 5.54 Å². The molecule has 2 heterocycles. The predicted octanol–water partition coefficient (Wildman–Crippen LogP) is 2.40. The van der Waals surface area contributed by atoms with Gasteiger partial charge in [-0.05, 0) is 47.0 Å². The molecule has 4 heteroatoms. The molecule has 0 atom stereocenters. The number of piperidine rings is 1. The second-order valence-corrected chi connectivity index (χ2v) is 6.82. The van der Waals surface area contributed by atoms with Crippen molar-refractivity contribution >= 4 is 6.03 Å². The van der Waals surface area contributed by atoms with Crippen LogP contribution < -0.4 is 0 Å². The maximum absolute atomic E-state index is 12.7. The second-order valence-electron chi connectivity index (χ2n) is 6.82. The topological polar surface area (TPSA) is 26.8 Å². The maximum Gasteiger partial charge on any atom is 0.320 e. The Morgan fingerprint density at radius 1 is 1.16 bits per heavy atom. The van der Waals surface area contributed by atoms with Gasteiger partial charge < -0.3 is 9.80 Å². The summed E-state index contributed by atoms with van der Waals surface area (Å²) < 4.78 is 0. The first-order chi connectivity index (χ1) is 8.87. The lowest BCUT2D eigenvalue weighted by molar-refractivity contribution is -0.0729. The van der Waals surface area contributed by atoms with E-state index in [2.05, 4.69) is 37.5 Å². The van der Waals surface area contributed by atoms with E-state index in [-0.39, 0.29) is 17.6 Å². The van der Waals surface area contributed by atoms with Crippen molar-refractivity contribution in [2.24, 2.45) is 0 Å². The maximum atomic E-state index is 12.7. The van der Waals surface area contributed by atoms with Gasteiger partial charge in [0, 0.05) is 38.8 Å². The molecule has 0 aromatic carbocycles. The Balaban J connectivity index is 2.08. The van der Waals surface area contributed by atoms with Crippen molar-refractivity contribution in [1.82, 2.24) is 14.7 Å². The Morgan fingerprint density at radius 3 is 2.32 bits per heavy atom. The van der Waals surface area contributed by atoms with Crippen LogP contribution >= 0.6 is 0 Å². The van der Waals surface area contributed by atoms with Crippen molar-refractivity contribution in [3.05, 3.63) is 0 Å². The minimum atomic E-state index is 0.128. The van der Waals surface area contributed by atoms with Crippen molar-refractivity contribution in [3.63, 3.8) is 0 Å². The highest BCUT2D eigenvalue weighted by Crippen LogP contribution is 2.38. The van der Waals surface area contributed by atoms with Gasteiger partial charge in [-0.25, -0.2) is 4.79 Å². The van der Waals surface area contributed by atoms with E-state index in [1.165, 1.54) is 12.8 Å². The highest BCUT2D eigenvalue weighted by atomic mass is 16.2. The fourth-order valence-electron chi connectivity index (χ4n) is 3.21. The molecule has 2 rings (SSSR count). The number of likely N-dealkylation sites (tertiary alicyclic amines) is 2. The Bertz CT molecular complexity index is 334. The first kappa shape index (κ1) is 14.6. The number of rotatable bonds is 2. The highest BCUT2D eigenvalue weighted by Gasteiger charge is 2.51. The molecule has 2 aliphatic heterocycles. The van der Waals surface area contributed by atoms with Crippen LogP contribution in [-0.4, -0.2) is 65.0 Å². The highest BCUT2D eigenvalue weighted by molar-refractivity contribution is 5.76. The van der Waals surface area contributed by atoms with Crippen LogP contribution in [0.2, 0.25) is 0 Å². The normalized spacial score (nSPS) is 23.0. The Kier molecular flexibility index (Phi) is 4.09. The molecule has 2 amide bonds. The number of amides is 2. The molecular formula is C15H29N3O. The van der Waals surface area contributed by atoms with Crippen LogP contribution in [0.15, 0.2) is 0 Å². The van der Waals surface area contributed by atoms with Crippen molar-refractivity contribution in [3.8, 4) is 0 Å². The molecule has 2 fully saturated rings. The van der Waals surface area contributed by atoms with Crippen LogP contribution in [0.5, 0.6) is 0 Å².